The van der Waals surface area contributed by atoms with Crippen LogP contribution in [0.3, 0.4) is 0 Å². The third-order valence-electron chi connectivity index (χ3n) is 4.39. The summed E-state index contributed by atoms with van der Waals surface area (Å²) in [6, 6.07) is 12.3. The first-order valence-corrected chi connectivity index (χ1v) is 8.32. The fraction of sp³-hybridized carbons (Fsp3) is 0.333. The van der Waals surface area contributed by atoms with Crippen molar-refractivity contribution in [3.05, 3.63) is 64.3 Å². The molecule has 0 radical (unpaired) electrons. The maximum atomic E-state index is 12.1. The second kappa shape index (κ2) is 7.74. The lowest BCUT2D eigenvalue weighted by Gasteiger charge is -2.33. The highest BCUT2D eigenvalue weighted by molar-refractivity contribution is 5.94. The van der Waals surface area contributed by atoms with E-state index in [0.717, 1.165) is 31.6 Å². The average molecular weight is 340 g/mol. The Bertz CT molecular complexity index is 734. The molecule has 0 saturated carbocycles. The fourth-order valence-corrected chi connectivity index (χ4v) is 3.07. The molecule has 1 aliphatic heterocycles. The Morgan fingerprint density at radius 3 is 2.76 bits per heavy atom. The molecule has 7 nitrogen and oxygen atoms in total. The molecule has 1 aromatic carbocycles. The standard InChI is InChI=1S/C18H20N4O3/c23-18(15-6-2-1-3-7-15)20-11-14-5-4-10-21(13-14)16-8-9-17(19-12-16)22(24)25/h1-3,6-9,12,14H,4-5,10-11,13H2,(H,20,23)/t14-/m1/s1. The molecule has 1 atom stereocenters. The number of rotatable bonds is 5. The second-order valence-corrected chi connectivity index (χ2v) is 6.16. The third-order valence-corrected chi connectivity index (χ3v) is 4.39. The number of hydrogen-bond acceptors (Lipinski definition) is 5. The minimum absolute atomic E-state index is 0.0604. The summed E-state index contributed by atoms with van der Waals surface area (Å²) in [5.74, 6) is 0.138. The lowest BCUT2D eigenvalue weighted by molar-refractivity contribution is -0.389. The number of pyridine rings is 1. The number of nitrogens with zero attached hydrogens (tertiary/aromatic N) is 3. The van der Waals surface area contributed by atoms with Gasteiger partial charge < -0.3 is 20.3 Å². The van der Waals surface area contributed by atoms with Gasteiger partial charge in [0, 0.05) is 31.3 Å². The summed E-state index contributed by atoms with van der Waals surface area (Å²) < 4.78 is 0. The first-order chi connectivity index (χ1) is 12.1. The van der Waals surface area contributed by atoms with E-state index >= 15 is 0 Å². The largest absolute Gasteiger partial charge is 0.368 e. The summed E-state index contributed by atoms with van der Waals surface area (Å²) >= 11 is 0. The van der Waals surface area contributed by atoms with E-state index < -0.39 is 4.92 Å². The number of nitro groups is 1. The van der Waals surface area contributed by atoms with Crippen molar-refractivity contribution in [1.29, 1.82) is 0 Å². The first-order valence-electron chi connectivity index (χ1n) is 8.32. The smallest absolute Gasteiger partial charge is 0.363 e. The van der Waals surface area contributed by atoms with Gasteiger partial charge in [0.15, 0.2) is 6.20 Å². The molecule has 130 valence electrons. The van der Waals surface area contributed by atoms with Gasteiger partial charge in [-0.25, -0.2) is 0 Å². The lowest BCUT2D eigenvalue weighted by Crippen LogP contribution is -2.41. The molecule has 2 heterocycles. The predicted octanol–water partition coefficient (Wildman–Crippen LogP) is 2.64. The zero-order valence-electron chi connectivity index (χ0n) is 13.8. The van der Waals surface area contributed by atoms with Crippen molar-refractivity contribution in [2.24, 2.45) is 5.92 Å². The van der Waals surface area contributed by atoms with E-state index in [2.05, 4.69) is 15.2 Å². The maximum absolute atomic E-state index is 12.1. The van der Waals surface area contributed by atoms with Crippen LogP contribution in [0.1, 0.15) is 23.2 Å². The molecule has 1 aliphatic rings. The molecule has 1 amide bonds. The van der Waals surface area contributed by atoms with E-state index in [1.807, 2.05) is 18.2 Å². The van der Waals surface area contributed by atoms with Crippen molar-refractivity contribution < 1.29 is 9.72 Å². The van der Waals surface area contributed by atoms with Crippen LogP contribution in [0, 0.1) is 16.0 Å². The van der Waals surface area contributed by atoms with Crippen LogP contribution in [-0.4, -0.2) is 35.4 Å². The van der Waals surface area contributed by atoms with E-state index in [-0.39, 0.29) is 11.7 Å². The van der Waals surface area contributed by atoms with Gasteiger partial charge in [0.1, 0.15) is 0 Å². The molecule has 0 bridgehead atoms. The molecule has 25 heavy (non-hydrogen) atoms. The zero-order valence-corrected chi connectivity index (χ0v) is 13.8. The number of piperidine rings is 1. The molecule has 0 aliphatic carbocycles. The molecular weight excluding hydrogens is 320 g/mol. The zero-order chi connectivity index (χ0) is 17.6. The molecule has 1 fully saturated rings. The van der Waals surface area contributed by atoms with Crippen LogP contribution in [0.4, 0.5) is 11.5 Å². The number of carbonyl (C=O) groups excluding carboxylic acids is 1. The topological polar surface area (TPSA) is 88.4 Å². The van der Waals surface area contributed by atoms with Crippen LogP contribution >= 0.6 is 0 Å². The number of anilines is 1. The molecule has 0 unspecified atom stereocenters. The molecule has 2 aromatic rings. The van der Waals surface area contributed by atoms with Gasteiger partial charge in [0.2, 0.25) is 0 Å². The van der Waals surface area contributed by atoms with Gasteiger partial charge in [-0.05, 0) is 46.9 Å². The van der Waals surface area contributed by atoms with Crippen molar-refractivity contribution in [2.45, 2.75) is 12.8 Å². The van der Waals surface area contributed by atoms with E-state index in [9.17, 15) is 14.9 Å². The molecule has 7 heteroatoms. The Morgan fingerprint density at radius 1 is 1.28 bits per heavy atom. The molecular formula is C18H20N4O3. The van der Waals surface area contributed by atoms with E-state index in [1.54, 1.807) is 24.4 Å². The van der Waals surface area contributed by atoms with E-state index in [4.69, 9.17) is 0 Å². The minimum atomic E-state index is -0.498. The highest BCUT2D eigenvalue weighted by Gasteiger charge is 2.22. The Labute approximate surface area is 145 Å². The third kappa shape index (κ3) is 4.32. The summed E-state index contributed by atoms with van der Waals surface area (Å²) in [6.07, 6.45) is 3.61. The monoisotopic (exact) mass is 340 g/mol. The van der Waals surface area contributed by atoms with E-state index in [0.29, 0.717) is 18.0 Å². The quantitative estimate of drug-likeness (QED) is 0.668. The fourth-order valence-electron chi connectivity index (χ4n) is 3.07. The summed E-state index contributed by atoms with van der Waals surface area (Å²) in [6.45, 7) is 2.31. The minimum Gasteiger partial charge on any atom is -0.368 e. The number of nitrogens with one attached hydrogen (secondary N) is 1. The van der Waals surface area contributed by atoms with Crippen LogP contribution in [0.15, 0.2) is 48.7 Å². The maximum Gasteiger partial charge on any atom is 0.363 e. The van der Waals surface area contributed by atoms with Gasteiger partial charge in [0.05, 0.1) is 5.69 Å². The number of aromatic nitrogens is 1. The van der Waals surface area contributed by atoms with Crippen LogP contribution in [0.25, 0.3) is 0 Å². The SMILES string of the molecule is O=C(NC[C@H]1CCCN(c2ccc([N+](=O)[O-])nc2)C1)c1ccccc1. The van der Waals surface area contributed by atoms with Crippen molar-refractivity contribution in [2.75, 3.05) is 24.5 Å². The van der Waals surface area contributed by atoms with Crippen LogP contribution in [0.2, 0.25) is 0 Å². The van der Waals surface area contributed by atoms with Gasteiger partial charge in [-0.2, -0.15) is 0 Å². The summed E-state index contributed by atoms with van der Waals surface area (Å²) in [4.78, 5) is 28.4. The lowest BCUT2D eigenvalue weighted by atomic mass is 9.97. The number of amides is 1. The summed E-state index contributed by atoms with van der Waals surface area (Å²) in [5, 5.41) is 13.7. The van der Waals surface area contributed by atoms with Gasteiger partial charge in [-0.1, -0.05) is 18.2 Å². The molecule has 1 N–H and O–H groups in total. The Morgan fingerprint density at radius 2 is 2.08 bits per heavy atom. The van der Waals surface area contributed by atoms with Crippen molar-refractivity contribution in [3.8, 4) is 0 Å². The molecule has 0 spiro atoms. The average Bonchev–Trinajstić information content (AvgIpc) is 2.67. The van der Waals surface area contributed by atoms with Crippen LogP contribution in [-0.2, 0) is 0 Å². The predicted molar refractivity (Wildman–Crippen MR) is 94.6 cm³/mol. The first kappa shape index (κ1) is 16.9. The highest BCUT2D eigenvalue weighted by atomic mass is 16.6. The normalized spacial score (nSPS) is 17.1. The number of hydrogen-bond donors (Lipinski definition) is 1. The number of carbonyl (C=O) groups is 1. The highest BCUT2D eigenvalue weighted by Crippen LogP contribution is 2.23. The van der Waals surface area contributed by atoms with Gasteiger partial charge >= 0.3 is 5.82 Å². The van der Waals surface area contributed by atoms with Crippen molar-refractivity contribution in [1.82, 2.24) is 10.3 Å². The molecule has 1 aromatic heterocycles. The van der Waals surface area contributed by atoms with Crippen molar-refractivity contribution in [3.63, 3.8) is 0 Å². The molecule has 1 saturated heterocycles. The molecule has 3 rings (SSSR count). The van der Waals surface area contributed by atoms with Crippen LogP contribution < -0.4 is 10.2 Å². The Kier molecular flexibility index (Phi) is 5.23. The number of benzene rings is 1. The summed E-state index contributed by atoms with van der Waals surface area (Å²) in [5.41, 5.74) is 1.54. The second-order valence-electron chi connectivity index (χ2n) is 6.16. The van der Waals surface area contributed by atoms with Crippen LogP contribution in [0.5, 0.6) is 0 Å². The van der Waals surface area contributed by atoms with Gasteiger partial charge in [-0.15, -0.1) is 0 Å². The Hall–Kier alpha value is -2.96. The summed E-state index contributed by atoms with van der Waals surface area (Å²) in [7, 11) is 0. The van der Waals surface area contributed by atoms with E-state index in [1.165, 1.54) is 6.07 Å². The van der Waals surface area contributed by atoms with Crippen molar-refractivity contribution >= 4 is 17.4 Å². The van der Waals surface area contributed by atoms with Gasteiger partial charge in [0.25, 0.3) is 5.91 Å². The van der Waals surface area contributed by atoms with Gasteiger partial charge in [-0.3, -0.25) is 4.79 Å². The Balaban J connectivity index is 1.56.